The van der Waals surface area contributed by atoms with E-state index < -0.39 is 10.0 Å². The fourth-order valence-corrected chi connectivity index (χ4v) is 3.61. The summed E-state index contributed by atoms with van der Waals surface area (Å²) in [6.07, 6.45) is 0.843. The Kier molecular flexibility index (Phi) is 4.01. The normalized spacial score (nSPS) is 21.9. The number of furan rings is 1. The zero-order valence-corrected chi connectivity index (χ0v) is 12.0. The Balaban J connectivity index is 2.17. The highest BCUT2D eigenvalue weighted by molar-refractivity contribution is 7.89. The first kappa shape index (κ1) is 13.9. The summed E-state index contributed by atoms with van der Waals surface area (Å²) in [4.78, 5) is 2.04. The van der Waals surface area contributed by atoms with E-state index >= 15 is 0 Å². The van der Waals surface area contributed by atoms with Gasteiger partial charge < -0.3 is 9.32 Å². The molecular weight excluding hydrogens is 276 g/mol. The SMILES string of the molecule is CN(C)C1CCN(S(=O)(=O)c2ccc(CCl)o2)C1. The molecule has 0 aliphatic carbocycles. The Morgan fingerprint density at radius 1 is 1.50 bits per heavy atom. The van der Waals surface area contributed by atoms with Gasteiger partial charge in [0.25, 0.3) is 10.0 Å². The third-order valence-corrected chi connectivity index (χ3v) is 5.22. The molecule has 2 rings (SSSR count). The predicted molar refractivity (Wildman–Crippen MR) is 69.1 cm³/mol. The van der Waals surface area contributed by atoms with Crippen LogP contribution < -0.4 is 0 Å². The first-order valence-corrected chi connectivity index (χ1v) is 7.74. The number of sulfonamides is 1. The molecular formula is C11H17ClN2O3S. The van der Waals surface area contributed by atoms with Gasteiger partial charge in [0.15, 0.2) is 0 Å². The smallest absolute Gasteiger partial charge is 0.276 e. The van der Waals surface area contributed by atoms with E-state index in [0.29, 0.717) is 18.8 Å². The average molecular weight is 293 g/mol. The van der Waals surface area contributed by atoms with Gasteiger partial charge in [-0.25, -0.2) is 8.42 Å². The summed E-state index contributed by atoms with van der Waals surface area (Å²) >= 11 is 5.61. The van der Waals surface area contributed by atoms with Crippen LogP contribution in [0.5, 0.6) is 0 Å². The van der Waals surface area contributed by atoms with Gasteiger partial charge >= 0.3 is 0 Å². The first-order valence-electron chi connectivity index (χ1n) is 5.76. The molecule has 2 heterocycles. The zero-order chi connectivity index (χ0) is 13.3. The highest BCUT2D eigenvalue weighted by atomic mass is 35.5. The molecule has 0 spiro atoms. The van der Waals surface area contributed by atoms with Gasteiger partial charge in [-0.3, -0.25) is 0 Å². The molecule has 0 bridgehead atoms. The second-order valence-corrected chi connectivity index (χ2v) is 6.76. The van der Waals surface area contributed by atoms with Gasteiger partial charge in [-0.2, -0.15) is 4.31 Å². The largest absolute Gasteiger partial charge is 0.447 e. The summed E-state index contributed by atoms with van der Waals surface area (Å²) < 4.78 is 31.3. The van der Waals surface area contributed by atoms with E-state index in [2.05, 4.69) is 0 Å². The van der Waals surface area contributed by atoms with E-state index in [1.54, 1.807) is 6.07 Å². The number of nitrogens with zero attached hydrogens (tertiary/aromatic N) is 2. The van der Waals surface area contributed by atoms with E-state index in [1.807, 2.05) is 19.0 Å². The summed E-state index contributed by atoms with van der Waals surface area (Å²) in [6.45, 7) is 1.04. The van der Waals surface area contributed by atoms with E-state index in [-0.39, 0.29) is 17.0 Å². The van der Waals surface area contributed by atoms with Gasteiger partial charge in [-0.15, -0.1) is 11.6 Å². The van der Waals surface area contributed by atoms with Gasteiger partial charge in [0, 0.05) is 19.1 Å². The second kappa shape index (κ2) is 5.21. The van der Waals surface area contributed by atoms with Crippen molar-refractivity contribution in [2.24, 2.45) is 0 Å². The molecule has 0 radical (unpaired) electrons. The molecule has 0 N–H and O–H groups in total. The Hall–Kier alpha value is -0.560. The summed E-state index contributed by atoms with van der Waals surface area (Å²) in [7, 11) is 0.402. The fourth-order valence-electron chi connectivity index (χ4n) is 2.05. The van der Waals surface area contributed by atoms with Crippen molar-refractivity contribution in [2.75, 3.05) is 27.2 Å². The quantitative estimate of drug-likeness (QED) is 0.786. The molecule has 102 valence electrons. The Labute approximate surface area is 112 Å². The van der Waals surface area contributed by atoms with Crippen molar-refractivity contribution >= 4 is 21.6 Å². The van der Waals surface area contributed by atoms with Crippen molar-refractivity contribution in [1.82, 2.24) is 9.21 Å². The van der Waals surface area contributed by atoms with Gasteiger partial charge in [0.1, 0.15) is 5.76 Å². The molecule has 1 aliphatic heterocycles. The van der Waals surface area contributed by atoms with Gasteiger partial charge in [0.05, 0.1) is 5.88 Å². The van der Waals surface area contributed by atoms with Gasteiger partial charge in [-0.05, 0) is 32.6 Å². The van der Waals surface area contributed by atoms with Gasteiger partial charge in [0.2, 0.25) is 5.09 Å². The Morgan fingerprint density at radius 3 is 2.72 bits per heavy atom. The molecule has 1 aliphatic rings. The third-order valence-electron chi connectivity index (χ3n) is 3.22. The molecule has 1 saturated heterocycles. The molecule has 1 atom stereocenters. The summed E-state index contributed by atoms with van der Waals surface area (Å²) in [5.74, 6) is 0.647. The summed E-state index contributed by atoms with van der Waals surface area (Å²) in [5.41, 5.74) is 0. The summed E-state index contributed by atoms with van der Waals surface area (Å²) in [6, 6.07) is 3.33. The molecule has 0 saturated carbocycles. The second-order valence-electron chi connectivity index (χ2n) is 4.62. The molecule has 1 unspecified atom stereocenters. The maximum Gasteiger partial charge on any atom is 0.276 e. The predicted octanol–water partition coefficient (Wildman–Crippen LogP) is 1.34. The lowest BCUT2D eigenvalue weighted by atomic mass is 10.2. The Morgan fingerprint density at radius 2 is 2.22 bits per heavy atom. The maximum absolute atomic E-state index is 12.3. The van der Waals surface area contributed by atoms with E-state index in [0.717, 1.165) is 6.42 Å². The molecule has 1 aromatic heterocycles. The van der Waals surface area contributed by atoms with Crippen LogP contribution in [-0.2, 0) is 15.9 Å². The lowest BCUT2D eigenvalue weighted by Crippen LogP contribution is -2.34. The molecule has 1 fully saturated rings. The lowest BCUT2D eigenvalue weighted by molar-refractivity contribution is 0.300. The molecule has 5 nitrogen and oxygen atoms in total. The number of halogens is 1. The van der Waals surface area contributed by atoms with Crippen LogP contribution in [0.25, 0.3) is 0 Å². The number of alkyl halides is 1. The topological polar surface area (TPSA) is 53.8 Å². The average Bonchev–Trinajstić information content (AvgIpc) is 2.98. The van der Waals surface area contributed by atoms with Crippen LogP contribution >= 0.6 is 11.6 Å². The summed E-state index contributed by atoms with van der Waals surface area (Å²) in [5, 5.41) is -0.0162. The van der Waals surface area contributed by atoms with E-state index in [9.17, 15) is 8.42 Å². The molecule has 18 heavy (non-hydrogen) atoms. The number of hydrogen-bond donors (Lipinski definition) is 0. The fraction of sp³-hybridized carbons (Fsp3) is 0.636. The van der Waals surface area contributed by atoms with Crippen LogP contribution in [0.4, 0.5) is 0 Å². The molecule has 7 heteroatoms. The van der Waals surface area contributed by atoms with Crippen LogP contribution in [0, 0.1) is 0 Å². The minimum atomic E-state index is -3.51. The van der Waals surface area contributed by atoms with Crippen molar-refractivity contribution in [3.8, 4) is 0 Å². The molecule has 0 amide bonds. The standard InChI is InChI=1S/C11H17ClN2O3S/c1-13(2)9-5-6-14(8-9)18(15,16)11-4-3-10(7-12)17-11/h3-4,9H,5-8H2,1-2H3. The Bertz CT molecular complexity index is 512. The monoisotopic (exact) mass is 292 g/mol. The van der Waals surface area contributed by atoms with Crippen LogP contribution in [0.3, 0.4) is 0 Å². The minimum Gasteiger partial charge on any atom is -0.447 e. The van der Waals surface area contributed by atoms with Crippen molar-refractivity contribution in [1.29, 1.82) is 0 Å². The maximum atomic E-state index is 12.3. The van der Waals surface area contributed by atoms with Crippen LogP contribution in [-0.4, -0.2) is 50.8 Å². The minimum absolute atomic E-state index is 0.0162. The zero-order valence-electron chi connectivity index (χ0n) is 10.5. The highest BCUT2D eigenvalue weighted by Crippen LogP contribution is 2.24. The van der Waals surface area contributed by atoms with Crippen LogP contribution in [0.2, 0.25) is 0 Å². The van der Waals surface area contributed by atoms with E-state index in [4.69, 9.17) is 16.0 Å². The number of hydrogen-bond acceptors (Lipinski definition) is 4. The highest BCUT2D eigenvalue weighted by Gasteiger charge is 2.35. The van der Waals surface area contributed by atoms with Crippen molar-refractivity contribution in [3.63, 3.8) is 0 Å². The molecule has 0 aromatic carbocycles. The number of likely N-dealkylation sites (N-methyl/N-ethyl adjacent to an activating group) is 1. The lowest BCUT2D eigenvalue weighted by Gasteiger charge is -2.19. The van der Waals surface area contributed by atoms with E-state index in [1.165, 1.54) is 10.4 Å². The van der Waals surface area contributed by atoms with Crippen molar-refractivity contribution in [3.05, 3.63) is 17.9 Å². The van der Waals surface area contributed by atoms with Gasteiger partial charge in [-0.1, -0.05) is 0 Å². The first-order chi connectivity index (χ1) is 8.45. The number of rotatable bonds is 4. The van der Waals surface area contributed by atoms with Crippen LogP contribution in [0.15, 0.2) is 21.6 Å². The van der Waals surface area contributed by atoms with Crippen LogP contribution in [0.1, 0.15) is 12.2 Å². The van der Waals surface area contributed by atoms with Crippen molar-refractivity contribution < 1.29 is 12.8 Å². The third kappa shape index (κ3) is 2.56. The van der Waals surface area contributed by atoms with Crippen molar-refractivity contribution in [2.45, 2.75) is 23.4 Å². The molecule has 1 aromatic rings.